The monoisotopic (exact) mass is 397 g/mol. The summed E-state index contributed by atoms with van der Waals surface area (Å²) in [5, 5.41) is 9.79. The van der Waals surface area contributed by atoms with Crippen molar-refractivity contribution in [3.8, 4) is 5.75 Å². The van der Waals surface area contributed by atoms with Gasteiger partial charge in [-0.05, 0) is 30.7 Å². The molecule has 2 aromatic rings. The Morgan fingerprint density at radius 3 is 2.30 bits per heavy atom. The van der Waals surface area contributed by atoms with Gasteiger partial charge in [0.2, 0.25) is 0 Å². The molecule has 2 nitrogen and oxygen atoms in total. The average Bonchev–Trinajstić information content (AvgIpc) is 2.49. The molecule has 0 unspecified atom stereocenters. The Labute approximate surface area is 148 Å². The van der Waals surface area contributed by atoms with Crippen molar-refractivity contribution < 1.29 is 35.3 Å². The summed E-state index contributed by atoms with van der Waals surface area (Å²) < 4.78 is 38.4. The molecule has 1 N–H and O–H groups in total. The number of aromatic hydroxyl groups is 1. The number of aliphatic imine (C=N–C) groups is 1. The van der Waals surface area contributed by atoms with E-state index in [4.69, 9.17) is 18.6 Å². The van der Waals surface area contributed by atoms with Gasteiger partial charge < -0.3 is 5.11 Å². The van der Waals surface area contributed by atoms with Gasteiger partial charge in [0.1, 0.15) is 5.75 Å². The molecule has 0 saturated carbocycles. The molecule has 122 valence electrons. The summed E-state index contributed by atoms with van der Waals surface area (Å²) in [5.41, 5.74) is 0.0318. The minimum absolute atomic E-state index is 0.0146. The van der Waals surface area contributed by atoms with E-state index in [-0.39, 0.29) is 11.4 Å². The first-order valence-corrected chi connectivity index (χ1v) is 10.6. The molecule has 0 atom stereocenters. The van der Waals surface area contributed by atoms with Crippen LogP contribution < -0.4 is 0 Å². The number of benzene rings is 2. The molecule has 0 amide bonds. The molecular formula is C15H12Cl2F3NOTi. The zero-order valence-electron chi connectivity index (χ0n) is 11.9. The number of nitrogens with zero attached hydrogens (tertiary/aromatic N) is 1. The molecule has 0 fully saturated rings. The number of para-hydroxylation sites is 2. The van der Waals surface area contributed by atoms with Gasteiger partial charge in [0.05, 0.1) is 11.3 Å². The summed E-state index contributed by atoms with van der Waals surface area (Å²) in [6.07, 6.45) is -3.23. The maximum atomic E-state index is 12.8. The molecular weight excluding hydrogens is 386 g/mol. The Morgan fingerprint density at radius 2 is 1.70 bits per heavy atom. The molecule has 0 spiro atoms. The first-order chi connectivity index (χ1) is 10.8. The van der Waals surface area contributed by atoms with E-state index in [1.807, 2.05) is 0 Å². The zero-order valence-corrected chi connectivity index (χ0v) is 15.0. The van der Waals surface area contributed by atoms with Crippen LogP contribution >= 0.6 is 18.6 Å². The van der Waals surface area contributed by atoms with Crippen molar-refractivity contribution in [2.24, 2.45) is 4.99 Å². The predicted molar refractivity (Wildman–Crippen MR) is 83.2 cm³/mol. The summed E-state index contributed by atoms with van der Waals surface area (Å²) in [6.45, 7) is 1.70. The van der Waals surface area contributed by atoms with E-state index in [9.17, 15) is 18.3 Å². The minimum atomic E-state index is -4.46. The Hall–Kier alpha value is -1.01. The fourth-order valence-electron chi connectivity index (χ4n) is 1.75. The van der Waals surface area contributed by atoms with Crippen LogP contribution in [0.1, 0.15) is 16.7 Å². The van der Waals surface area contributed by atoms with Crippen LogP contribution in [0.4, 0.5) is 18.9 Å². The van der Waals surface area contributed by atoms with Crippen molar-refractivity contribution in [1.29, 1.82) is 0 Å². The number of alkyl halides is 3. The first-order valence-electron chi connectivity index (χ1n) is 6.26. The molecule has 23 heavy (non-hydrogen) atoms. The van der Waals surface area contributed by atoms with Gasteiger partial charge in [-0.2, -0.15) is 13.2 Å². The van der Waals surface area contributed by atoms with E-state index in [0.717, 1.165) is 6.07 Å². The number of phenolic OH excluding ortho intramolecular Hbond substituents is 1. The summed E-state index contributed by atoms with van der Waals surface area (Å²) in [6, 6.07) is 10.0. The van der Waals surface area contributed by atoms with Gasteiger partial charge in [0, 0.05) is 11.8 Å². The first kappa shape index (κ1) is 20.0. The average molecular weight is 398 g/mol. The summed E-state index contributed by atoms with van der Waals surface area (Å²) in [7, 11) is 9.78. The molecule has 0 saturated heterocycles. The maximum absolute atomic E-state index is 12.8. The van der Waals surface area contributed by atoms with Crippen LogP contribution in [-0.4, -0.2) is 11.3 Å². The number of halogens is 5. The van der Waals surface area contributed by atoms with Crippen molar-refractivity contribution in [1.82, 2.24) is 0 Å². The van der Waals surface area contributed by atoms with Crippen molar-refractivity contribution in [2.75, 3.05) is 0 Å². The van der Waals surface area contributed by atoms with Crippen LogP contribution in [0.15, 0.2) is 47.5 Å². The van der Waals surface area contributed by atoms with Crippen LogP contribution in [0.3, 0.4) is 0 Å². The third kappa shape index (κ3) is 6.19. The summed E-state index contributed by atoms with van der Waals surface area (Å²) >= 11 is -0.556. The molecule has 0 aromatic heterocycles. The topological polar surface area (TPSA) is 32.6 Å². The number of phenols is 1. The zero-order chi connectivity index (χ0) is 17.5. The van der Waals surface area contributed by atoms with Crippen LogP contribution in [-0.2, 0) is 23.2 Å². The van der Waals surface area contributed by atoms with Gasteiger partial charge in [-0.3, -0.25) is 4.99 Å². The quantitative estimate of drug-likeness (QED) is 0.500. The second kappa shape index (κ2) is 9.33. The molecule has 8 heteroatoms. The van der Waals surface area contributed by atoms with Gasteiger partial charge in [-0.1, -0.05) is 24.3 Å². The van der Waals surface area contributed by atoms with Crippen molar-refractivity contribution in [3.63, 3.8) is 0 Å². The van der Waals surface area contributed by atoms with Crippen molar-refractivity contribution in [2.45, 2.75) is 13.1 Å². The van der Waals surface area contributed by atoms with E-state index < -0.39 is 28.8 Å². The van der Waals surface area contributed by atoms with Crippen LogP contribution in [0.25, 0.3) is 0 Å². The molecule has 0 heterocycles. The van der Waals surface area contributed by atoms with Gasteiger partial charge in [-0.25, -0.2) is 0 Å². The van der Waals surface area contributed by atoms with Gasteiger partial charge in [0.25, 0.3) is 0 Å². The second-order valence-corrected chi connectivity index (χ2v) is 6.94. The van der Waals surface area contributed by atoms with Gasteiger partial charge >= 0.3 is 41.8 Å². The molecule has 0 aliphatic heterocycles. The van der Waals surface area contributed by atoms with Gasteiger partial charge in [-0.15, -0.1) is 0 Å². The van der Waals surface area contributed by atoms with E-state index in [1.165, 1.54) is 24.4 Å². The number of hydrogen-bond donors (Lipinski definition) is 1. The van der Waals surface area contributed by atoms with Crippen molar-refractivity contribution in [3.05, 3.63) is 59.2 Å². The fraction of sp³-hybridized carbons (Fsp3) is 0.133. The predicted octanol–water partition coefficient (Wildman–Crippen LogP) is 5.85. The third-order valence-electron chi connectivity index (χ3n) is 2.82. The summed E-state index contributed by atoms with van der Waals surface area (Å²) in [4.78, 5) is 3.84. The SMILES string of the molecule is Cc1cccc(C=Nc2ccccc2C(F)(F)F)c1O.[Cl][Ti][Cl]. The summed E-state index contributed by atoms with van der Waals surface area (Å²) in [5.74, 6) is 0.0146. The Balaban J connectivity index is 0.000000816. The van der Waals surface area contributed by atoms with Gasteiger partial charge in [0.15, 0.2) is 0 Å². The third-order valence-corrected chi connectivity index (χ3v) is 2.82. The van der Waals surface area contributed by atoms with E-state index in [2.05, 4.69) is 4.99 Å². The second-order valence-electron chi connectivity index (χ2n) is 4.36. The normalized spacial score (nSPS) is 11.0. The molecule has 0 radical (unpaired) electrons. The molecule has 0 aliphatic rings. The Bertz CT molecular complexity index is 678. The van der Waals surface area contributed by atoms with Crippen LogP contribution in [0.5, 0.6) is 5.75 Å². The van der Waals surface area contributed by atoms with E-state index in [1.54, 1.807) is 25.1 Å². The Morgan fingerprint density at radius 1 is 1.09 bits per heavy atom. The number of hydrogen-bond acceptors (Lipinski definition) is 2. The van der Waals surface area contributed by atoms with Crippen LogP contribution in [0, 0.1) is 6.92 Å². The van der Waals surface area contributed by atoms with Crippen molar-refractivity contribution >= 4 is 30.5 Å². The Kier molecular flexibility index (Phi) is 8.13. The molecule has 0 aliphatic carbocycles. The van der Waals surface area contributed by atoms with E-state index in [0.29, 0.717) is 11.1 Å². The van der Waals surface area contributed by atoms with Crippen LogP contribution in [0.2, 0.25) is 0 Å². The molecule has 2 rings (SSSR count). The van der Waals surface area contributed by atoms with E-state index >= 15 is 0 Å². The fourth-order valence-corrected chi connectivity index (χ4v) is 1.75. The standard InChI is InChI=1S/C15H12F3NO.2ClH.Ti/c1-10-5-4-6-11(14(10)20)9-19-13-8-3-2-7-12(13)15(16,17)18;;;/h2-9,20H,1H3;2*1H;/q;;;+2/p-2. The number of aryl methyl sites for hydroxylation is 1. The molecule has 2 aromatic carbocycles. The molecule has 0 bridgehead atoms. The number of rotatable bonds is 2.